The summed E-state index contributed by atoms with van der Waals surface area (Å²) in [5.41, 5.74) is 0.241. The summed E-state index contributed by atoms with van der Waals surface area (Å²) in [6, 6.07) is 9.63. The van der Waals surface area contributed by atoms with Gasteiger partial charge in [-0.05, 0) is 31.2 Å². The summed E-state index contributed by atoms with van der Waals surface area (Å²) in [4.78, 5) is 24.2. The zero-order valence-electron chi connectivity index (χ0n) is 10.2. The highest BCUT2D eigenvalue weighted by molar-refractivity contribution is 7.12. The van der Waals surface area contributed by atoms with E-state index in [4.69, 9.17) is 0 Å². The Labute approximate surface area is 114 Å². The number of aryl methyl sites for hydroxylation is 1. The number of carbonyl (C=O) groups excluding carboxylic acids is 1. The van der Waals surface area contributed by atoms with Crippen molar-refractivity contribution in [1.29, 1.82) is 0 Å². The van der Waals surface area contributed by atoms with E-state index in [9.17, 15) is 14.9 Å². The van der Waals surface area contributed by atoms with Gasteiger partial charge in [0, 0.05) is 27.5 Å². The minimum Gasteiger partial charge on any atom is -0.289 e. The van der Waals surface area contributed by atoms with Gasteiger partial charge in [0.1, 0.15) is 0 Å². The number of carbonyl (C=O) groups is 1. The first-order valence-corrected chi connectivity index (χ1v) is 6.41. The van der Waals surface area contributed by atoms with Crippen LogP contribution in [0.3, 0.4) is 0 Å². The maximum absolute atomic E-state index is 11.9. The third kappa shape index (κ3) is 3.35. The number of thiophene rings is 1. The lowest BCUT2D eigenvalue weighted by molar-refractivity contribution is -0.384. The van der Waals surface area contributed by atoms with Gasteiger partial charge in [0.25, 0.3) is 5.69 Å². The van der Waals surface area contributed by atoms with Gasteiger partial charge in [-0.1, -0.05) is 12.1 Å². The summed E-state index contributed by atoms with van der Waals surface area (Å²) in [6.45, 7) is 1.99. The fourth-order valence-corrected chi connectivity index (χ4v) is 2.35. The molecule has 0 atom stereocenters. The number of hydrogen-bond acceptors (Lipinski definition) is 4. The van der Waals surface area contributed by atoms with Gasteiger partial charge in [-0.25, -0.2) is 0 Å². The first kappa shape index (κ1) is 13.2. The molecule has 0 radical (unpaired) electrons. The van der Waals surface area contributed by atoms with Crippen molar-refractivity contribution in [2.45, 2.75) is 6.92 Å². The van der Waals surface area contributed by atoms with Crippen molar-refractivity contribution in [3.63, 3.8) is 0 Å². The van der Waals surface area contributed by atoms with Crippen LogP contribution in [0.1, 0.15) is 20.1 Å². The molecule has 96 valence electrons. The monoisotopic (exact) mass is 273 g/mol. The van der Waals surface area contributed by atoms with Gasteiger partial charge in [-0.15, -0.1) is 11.3 Å². The SMILES string of the molecule is Cc1ccc(/C=C/C(=O)c2cccc([N+](=O)[O-])c2)s1. The third-order valence-electron chi connectivity index (χ3n) is 2.50. The maximum Gasteiger partial charge on any atom is 0.270 e. The van der Waals surface area contributed by atoms with Crippen molar-refractivity contribution in [3.8, 4) is 0 Å². The summed E-state index contributed by atoms with van der Waals surface area (Å²) < 4.78 is 0. The second kappa shape index (κ2) is 5.58. The van der Waals surface area contributed by atoms with E-state index >= 15 is 0 Å². The number of hydrogen-bond donors (Lipinski definition) is 0. The van der Waals surface area contributed by atoms with E-state index in [0.29, 0.717) is 5.56 Å². The second-order valence-corrected chi connectivity index (χ2v) is 5.27. The Morgan fingerprint density at radius 3 is 2.74 bits per heavy atom. The fourth-order valence-electron chi connectivity index (χ4n) is 1.57. The van der Waals surface area contributed by atoms with Crippen LogP contribution in [0.15, 0.2) is 42.5 Å². The lowest BCUT2D eigenvalue weighted by atomic mass is 10.1. The predicted octanol–water partition coefficient (Wildman–Crippen LogP) is 3.86. The minimum absolute atomic E-state index is 0.0776. The van der Waals surface area contributed by atoms with E-state index < -0.39 is 4.92 Å². The van der Waals surface area contributed by atoms with Crippen molar-refractivity contribution in [1.82, 2.24) is 0 Å². The normalized spacial score (nSPS) is 10.8. The average Bonchev–Trinajstić information content (AvgIpc) is 2.82. The van der Waals surface area contributed by atoms with Crippen LogP contribution in [-0.4, -0.2) is 10.7 Å². The van der Waals surface area contributed by atoms with Crippen LogP contribution in [0.25, 0.3) is 6.08 Å². The molecule has 0 aliphatic carbocycles. The fraction of sp³-hybridized carbons (Fsp3) is 0.0714. The smallest absolute Gasteiger partial charge is 0.270 e. The number of benzene rings is 1. The Morgan fingerprint density at radius 1 is 1.32 bits per heavy atom. The van der Waals surface area contributed by atoms with Gasteiger partial charge >= 0.3 is 0 Å². The molecule has 2 aromatic rings. The van der Waals surface area contributed by atoms with Crippen LogP contribution >= 0.6 is 11.3 Å². The number of non-ortho nitro benzene ring substituents is 1. The minimum atomic E-state index is -0.511. The molecular weight excluding hydrogens is 262 g/mol. The average molecular weight is 273 g/mol. The molecule has 1 aromatic carbocycles. The summed E-state index contributed by atoms with van der Waals surface area (Å²) in [5.74, 6) is -0.241. The molecule has 0 amide bonds. The Kier molecular flexibility index (Phi) is 3.87. The number of nitrogens with zero attached hydrogens (tertiary/aromatic N) is 1. The van der Waals surface area contributed by atoms with E-state index in [1.165, 1.54) is 29.2 Å². The number of allylic oxidation sites excluding steroid dienone is 1. The first-order chi connectivity index (χ1) is 9.06. The molecule has 0 saturated heterocycles. The van der Waals surface area contributed by atoms with Crippen molar-refractivity contribution in [2.75, 3.05) is 0 Å². The Bertz CT molecular complexity index is 658. The van der Waals surface area contributed by atoms with Crippen molar-refractivity contribution < 1.29 is 9.72 Å². The Hall–Kier alpha value is -2.27. The molecule has 0 aliphatic rings. The standard InChI is InChI=1S/C14H11NO3S/c1-10-5-6-13(19-10)7-8-14(16)11-3-2-4-12(9-11)15(17)18/h2-9H,1H3/b8-7+. The summed E-state index contributed by atoms with van der Waals surface area (Å²) in [6.07, 6.45) is 3.16. The molecule has 0 N–H and O–H groups in total. The maximum atomic E-state index is 11.9. The predicted molar refractivity (Wildman–Crippen MR) is 75.5 cm³/mol. The molecule has 0 unspecified atom stereocenters. The number of ketones is 1. The van der Waals surface area contributed by atoms with Gasteiger partial charge in [-0.2, -0.15) is 0 Å². The highest BCUT2D eigenvalue weighted by Gasteiger charge is 2.09. The molecule has 1 aromatic heterocycles. The Balaban J connectivity index is 2.18. The van der Waals surface area contributed by atoms with Gasteiger partial charge < -0.3 is 0 Å². The van der Waals surface area contributed by atoms with E-state index in [-0.39, 0.29) is 11.5 Å². The van der Waals surface area contributed by atoms with Gasteiger partial charge in [0.05, 0.1) is 4.92 Å². The number of rotatable bonds is 4. The lowest BCUT2D eigenvalue weighted by Crippen LogP contribution is -1.96. The highest BCUT2D eigenvalue weighted by atomic mass is 32.1. The van der Waals surface area contributed by atoms with Gasteiger partial charge in [0.15, 0.2) is 5.78 Å². The molecule has 0 aliphatic heterocycles. The van der Waals surface area contributed by atoms with Crippen LogP contribution in [-0.2, 0) is 0 Å². The van der Waals surface area contributed by atoms with Gasteiger partial charge in [-0.3, -0.25) is 14.9 Å². The molecular formula is C14H11NO3S. The van der Waals surface area contributed by atoms with E-state index in [1.54, 1.807) is 23.5 Å². The molecule has 5 heteroatoms. The van der Waals surface area contributed by atoms with E-state index in [2.05, 4.69) is 0 Å². The lowest BCUT2D eigenvalue weighted by Gasteiger charge is -1.95. The third-order valence-corrected chi connectivity index (χ3v) is 3.47. The molecule has 4 nitrogen and oxygen atoms in total. The summed E-state index contributed by atoms with van der Waals surface area (Å²) in [7, 11) is 0. The van der Waals surface area contributed by atoms with Crippen LogP contribution < -0.4 is 0 Å². The largest absolute Gasteiger partial charge is 0.289 e. The summed E-state index contributed by atoms with van der Waals surface area (Å²) >= 11 is 1.59. The van der Waals surface area contributed by atoms with Crippen LogP contribution in [0.5, 0.6) is 0 Å². The van der Waals surface area contributed by atoms with Crippen LogP contribution in [0, 0.1) is 17.0 Å². The van der Waals surface area contributed by atoms with Crippen molar-refractivity contribution >= 4 is 28.9 Å². The first-order valence-electron chi connectivity index (χ1n) is 5.59. The zero-order chi connectivity index (χ0) is 13.8. The van der Waals surface area contributed by atoms with Crippen LogP contribution in [0.2, 0.25) is 0 Å². The molecule has 0 saturated carbocycles. The van der Waals surface area contributed by atoms with Crippen molar-refractivity contribution in [2.24, 2.45) is 0 Å². The zero-order valence-corrected chi connectivity index (χ0v) is 11.0. The number of nitro groups is 1. The highest BCUT2D eigenvalue weighted by Crippen LogP contribution is 2.18. The number of nitro benzene ring substituents is 1. The molecule has 19 heavy (non-hydrogen) atoms. The topological polar surface area (TPSA) is 60.2 Å². The summed E-state index contributed by atoms with van der Waals surface area (Å²) in [5, 5.41) is 10.6. The molecule has 2 rings (SSSR count). The molecule has 0 spiro atoms. The molecule has 0 fully saturated rings. The van der Waals surface area contributed by atoms with Crippen molar-refractivity contribution in [3.05, 3.63) is 67.9 Å². The quantitative estimate of drug-likeness (QED) is 0.368. The van der Waals surface area contributed by atoms with Crippen LogP contribution in [0.4, 0.5) is 5.69 Å². The van der Waals surface area contributed by atoms with Gasteiger partial charge in [0.2, 0.25) is 0 Å². The Morgan fingerprint density at radius 2 is 2.11 bits per heavy atom. The molecule has 1 heterocycles. The molecule has 0 bridgehead atoms. The van der Waals surface area contributed by atoms with E-state index in [0.717, 1.165) is 4.88 Å². The second-order valence-electron chi connectivity index (χ2n) is 3.95. The van der Waals surface area contributed by atoms with E-state index in [1.807, 2.05) is 19.1 Å².